The van der Waals surface area contributed by atoms with Crippen molar-refractivity contribution in [3.8, 4) is 11.5 Å². The number of aromatic nitrogens is 2. The molecule has 0 bridgehead atoms. The van der Waals surface area contributed by atoms with Crippen LogP contribution >= 0.6 is 11.6 Å². The third kappa shape index (κ3) is 3.67. The van der Waals surface area contributed by atoms with E-state index in [2.05, 4.69) is 15.3 Å². The number of amides is 1. The molecule has 0 aliphatic heterocycles. The van der Waals surface area contributed by atoms with Crippen LogP contribution in [-0.4, -0.2) is 15.9 Å². The van der Waals surface area contributed by atoms with Crippen molar-refractivity contribution in [1.29, 1.82) is 0 Å². The number of carbonyl (C=O) groups is 1. The molecule has 120 valence electrons. The molecule has 1 N–H and O–H groups in total. The van der Waals surface area contributed by atoms with E-state index < -0.39 is 11.7 Å². The van der Waals surface area contributed by atoms with Crippen LogP contribution in [0.15, 0.2) is 61.2 Å². The van der Waals surface area contributed by atoms with Gasteiger partial charge in [-0.2, -0.15) is 0 Å². The smallest absolute Gasteiger partial charge is 0.258 e. The van der Waals surface area contributed by atoms with Crippen LogP contribution in [0.5, 0.6) is 11.5 Å². The van der Waals surface area contributed by atoms with Gasteiger partial charge in [-0.15, -0.1) is 0 Å². The molecular weight excluding hydrogens is 333 g/mol. The largest absolute Gasteiger partial charge is 0.456 e. The maximum Gasteiger partial charge on any atom is 0.258 e. The Labute approximate surface area is 142 Å². The first-order valence-corrected chi connectivity index (χ1v) is 7.29. The molecule has 24 heavy (non-hydrogen) atoms. The molecule has 5 nitrogen and oxygen atoms in total. The van der Waals surface area contributed by atoms with Gasteiger partial charge in [-0.3, -0.25) is 14.8 Å². The Morgan fingerprint density at radius 2 is 1.83 bits per heavy atom. The second kappa shape index (κ2) is 7.06. The molecule has 1 aromatic carbocycles. The number of anilines is 1. The van der Waals surface area contributed by atoms with Gasteiger partial charge in [0.25, 0.3) is 5.91 Å². The standard InChI is InChI=1S/C17H11ClFN3O2/c18-14-9-11(22-17(23)13-5-8-21-10-15(13)19)1-2-16(14)24-12-3-6-20-7-4-12/h1-10H,(H,22,23). The molecule has 0 unspecified atom stereocenters. The van der Waals surface area contributed by atoms with E-state index in [1.807, 2.05) is 0 Å². The highest BCUT2D eigenvalue weighted by Crippen LogP contribution is 2.31. The van der Waals surface area contributed by atoms with Gasteiger partial charge in [-0.25, -0.2) is 4.39 Å². The minimum atomic E-state index is -0.696. The number of carbonyl (C=O) groups excluding carboxylic acids is 1. The molecule has 0 fully saturated rings. The highest BCUT2D eigenvalue weighted by atomic mass is 35.5. The summed E-state index contributed by atoms with van der Waals surface area (Å²) in [7, 11) is 0. The van der Waals surface area contributed by atoms with E-state index in [-0.39, 0.29) is 5.56 Å². The second-order valence-electron chi connectivity index (χ2n) is 4.74. The fraction of sp³-hybridized carbons (Fsp3) is 0. The predicted molar refractivity (Wildman–Crippen MR) is 87.9 cm³/mol. The number of benzene rings is 1. The maximum atomic E-state index is 13.6. The minimum absolute atomic E-state index is 0.0989. The fourth-order valence-electron chi connectivity index (χ4n) is 1.95. The van der Waals surface area contributed by atoms with Crippen LogP contribution in [0.4, 0.5) is 10.1 Å². The van der Waals surface area contributed by atoms with Crippen molar-refractivity contribution in [3.05, 3.63) is 77.6 Å². The summed E-state index contributed by atoms with van der Waals surface area (Å²) in [5, 5.41) is 2.88. The Kier molecular flexibility index (Phi) is 4.67. The third-order valence-corrected chi connectivity index (χ3v) is 3.38. The molecule has 2 heterocycles. The number of hydrogen-bond donors (Lipinski definition) is 1. The van der Waals surface area contributed by atoms with Gasteiger partial charge < -0.3 is 10.1 Å². The summed E-state index contributed by atoms with van der Waals surface area (Å²) >= 11 is 6.16. The van der Waals surface area contributed by atoms with Crippen molar-refractivity contribution in [2.45, 2.75) is 0 Å². The van der Waals surface area contributed by atoms with E-state index >= 15 is 0 Å². The van der Waals surface area contributed by atoms with Crippen molar-refractivity contribution >= 4 is 23.2 Å². The van der Waals surface area contributed by atoms with Gasteiger partial charge in [-0.1, -0.05) is 11.6 Å². The average Bonchev–Trinajstić information content (AvgIpc) is 2.58. The first-order valence-electron chi connectivity index (χ1n) is 6.92. The summed E-state index contributed by atoms with van der Waals surface area (Å²) in [6.07, 6.45) is 5.52. The number of ether oxygens (including phenoxy) is 1. The number of halogens is 2. The lowest BCUT2D eigenvalue weighted by molar-refractivity contribution is 0.102. The van der Waals surface area contributed by atoms with Crippen LogP contribution in [0.2, 0.25) is 5.02 Å². The molecule has 0 aliphatic carbocycles. The molecule has 0 radical (unpaired) electrons. The van der Waals surface area contributed by atoms with Gasteiger partial charge in [0.15, 0.2) is 5.82 Å². The van der Waals surface area contributed by atoms with Crippen LogP contribution in [0.1, 0.15) is 10.4 Å². The lowest BCUT2D eigenvalue weighted by Gasteiger charge is -2.10. The van der Waals surface area contributed by atoms with Gasteiger partial charge in [0.2, 0.25) is 0 Å². The van der Waals surface area contributed by atoms with Crippen LogP contribution in [0, 0.1) is 5.82 Å². The highest BCUT2D eigenvalue weighted by Gasteiger charge is 2.12. The zero-order valence-electron chi connectivity index (χ0n) is 12.2. The van der Waals surface area contributed by atoms with Crippen molar-refractivity contribution in [3.63, 3.8) is 0 Å². The summed E-state index contributed by atoms with van der Waals surface area (Å²) in [4.78, 5) is 19.6. The Balaban J connectivity index is 1.75. The van der Waals surface area contributed by atoms with Crippen molar-refractivity contribution < 1.29 is 13.9 Å². The van der Waals surface area contributed by atoms with E-state index in [0.717, 1.165) is 6.20 Å². The van der Waals surface area contributed by atoms with Crippen molar-refractivity contribution in [2.24, 2.45) is 0 Å². The zero-order valence-corrected chi connectivity index (χ0v) is 13.0. The first kappa shape index (κ1) is 15.9. The highest BCUT2D eigenvalue weighted by molar-refractivity contribution is 6.32. The van der Waals surface area contributed by atoms with Crippen LogP contribution in [0.3, 0.4) is 0 Å². The summed E-state index contributed by atoms with van der Waals surface area (Å²) in [6, 6.07) is 9.43. The molecule has 7 heteroatoms. The molecule has 2 aromatic heterocycles. The minimum Gasteiger partial charge on any atom is -0.456 e. The number of pyridine rings is 2. The Morgan fingerprint density at radius 1 is 1.08 bits per heavy atom. The van der Waals surface area contributed by atoms with E-state index in [1.54, 1.807) is 36.7 Å². The molecule has 3 aromatic rings. The van der Waals surface area contributed by atoms with E-state index in [9.17, 15) is 9.18 Å². The molecule has 1 amide bonds. The number of nitrogens with zero attached hydrogens (tertiary/aromatic N) is 2. The molecule has 0 saturated heterocycles. The van der Waals surface area contributed by atoms with Crippen molar-refractivity contribution in [1.82, 2.24) is 9.97 Å². The quantitative estimate of drug-likeness (QED) is 0.766. The summed E-state index contributed by atoms with van der Waals surface area (Å²) in [5.74, 6) is -0.272. The molecule has 0 saturated carbocycles. The lowest BCUT2D eigenvalue weighted by atomic mass is 10.2. The van der Waals surface area contributed by atoms with Gasteiger partial charge in [-0.05, 0) is 36.4 Å². The Morgan fingerprint density at radius 3 is 2.54 bits per heavy atom. The first-order chi connectivity index (χ1) is 11.6. The number of hydrogen-bond acceptors (Lipinski definition) is 4. The zero-order chi connectivity index (χ0) is 16.9. The van der Waals surface area contributed by atoms with E-state index in [4.69, 9.17) is 16.3 Å². The van der Waals surface area contributed by atoms with Gasteiger partial charge in [0.05, 0.1) is 16.8 Å². The average molecular weight is 344 g/mol. The maximum absolute atomic E-state index is 13.6. The Bertz CT molecular complexity index is 875. The molecule has 3 rings (SSSR count). The van der Waals surface area contributed by atoms with Crippen LogP contribution in [-0.2, 0) is 0 Å². The van der Waals surface area contributed by atoms with Crippen LogP contribution in [0.25, 0.3) is 0 Å². The van der Waals surface area contributed by atoms with Gasteiger partial charge in [0.1, 0.15) is 11.5 Å². The van der Waals surface area contributed by atoms with Gasteiger partial charge in [0, 0.05) is 24.3 Å². The predicted octanol–water partition coefficient (Wildman–Crippen LogP) is 4.31. The molecular formula is C17H11ClFN3O2. The van der Waals surface area contributed by atoms with Crippen LogP contribution < -0.4 is 10.1 Å². The third-order valence-electron chi connectivity index (χ3n) is 3.08. The second-order valence-corrected chi connectivity index (χ2v) is 5.15. The topological polar surface area (TPSA) is 64.1 Å². The monoisotopic (exact) mass is 343 g/mol. The number of rotatable bonds is 4. The van der Waals surface area contributed by atoms with Gasteiger partial charge >= 0.3 is 0 Å². The van der Waals surface area contributed by atoms with E-state index in [0.29, 0.717) is 22.2 Å². The van der Waals surface area contributed by atoms with E-state index in [1.165, 1.54) is 18.3 Å². The normalized spacial score (nSPS) is 10.2. The van der Waals surface area contributed by atoms with Crippen molar-refractivity contribution in [2.75, 3.05) is 5.32 Å². The summed E-state index contributed by atoms with van der Waals surface area (Å²) in [5.41, 5.74) is 0.321. The fourth-order valence-corrected chi connectivity index (χ4v) is 2.17. The Hall–Kier alpha value is -2.99. The molecule has 0 spiro atoms. The molecule has 0 atom stereocenters. The SMILES string of the molecule is O=C(Nc1ccc(Oc2ccncc2)c(Cl)c1)c1ccncc1F. The number of nitrogens with one attached hydrogen (secondary N) is 1. The summed E-state index contributed by atoms with van der Waals surface area (Å²) < 4.78 is 19.2. The lowest BCUT2D eigenvalue weighted by Crippen LogP contribution is -2.13. The molecule has 0 aliphatic rings. The summed E-state index contributed by atoms with van der Waals surface area (Å²) in [6.45, 7) is 0.